The quantitative estimate of drug-likeness (QED) is 0.403. The van der Waals surface area contributed by atoms with Gasteiger partial charge in [-0.1, -0.05) is 0 Å². The maximum absolute atomic E-state index is 13.7. The zero-order valence-electron chi connectivity index (χ0n) is 16.1. The van der Waals surface area contributed by atoms with E-state index in [-0.39, 0.29) is 28.9 Å². The van der Waals surface area contributed by atoms with E-state index in [0.717, 1.165) is 12.6 Å². The van der Waals surface area contributed by atoms with Gasteiger partial charge in [0.1, 0.15) is 17.2 Å². The number of aromatic amines is 1. The first-order chi connectivity index (χ1) is 14.5. The van der Waals surface area contributed by atoms with Crippen molar-refractivity contribution >= 4 is 34.8 Å². The van der Waals surface area contributed by atoms with Crippen molar-refractivity contribution in [2.75, 3.05) is 29.6 Å². The molecule has 1 saturated heterocycles. The highest BCUT2D eigenvalue weighted by molar-refractivity contribution is 6.17. The molecule has 1 aliphatic heterocycles. The number of nitrogens with one attached hydrogen (secondary N) is 2. The van der Waals surface area contributed by atoms with Crippen molar-refractivity contribution in [2.45, 2.75) is 25.3 Å². The van der Waals surface area contributed by atoms with Crippen LogP contribution in [0.4, 0.5) is 16.0 Å². The summed E-state index contributed by atoms with van der Waals surface area (Å²) in [5.41, 5.74) is 6.47. The minimum Gasteiger partial charge on any atom is -0.381 e. The number of carbonyl (C=O) groups excluding carboxylic acids is 1. The molecule has 0 bridgehead atoms. The van der Waals surface area contributed by atoms with Crippen LogP contribution in [0, 0.1) is 5.82 Å². The van der Waals surface area contributed by atoms with Gasteiger partial charge in [-0.25, -0.2) is 13.9 Å². The van der Waals surface area contributed by atoms with E-state index in [4.69, 9.17) is 17.3 Å². The van der Waals surface area contributed by atoms with Crippen molar-refractivity contribution < 1.29 is 9.18 Å². The fourth-order valence-electron chi connectivity index (χ4n) is 3.76. The summed E-state index contributed by atoms with van der Waals surface area (Å²) in [6.45, 7) is 1.06. The fourth-order valence-corrected chi connectivity index (χ4v) is 3.89. The Bertz CT molecular complexity index is 1150. The Morgan fingerprint density at radius 2 is 2.30 bits per heavy atom. The molecule has 0 unspecified atom stereocenters. The van der Waals surface area contributed by atoms with E-state index in [0.29, 0.717) is 48.8 Å². The highest BCUT2D eigenvalue weighted by Crippen LogP contribution is 2.34. The number of nitrogens with zero attached hydrogens (tertiary/aromatic N) is 4. The first kappa shape index (κ1) is 20.1. The third-order valence-corrected chi connectivity index (χ3v) is 5.39. The van der Waals surface area contributed by atoms with E-state index in [2.05, 4.69) is 20.4 Å². The molecular formula is C19H21ClFN7O2. The molecule has 0 radical (unpaired) electrons. The minimum absolute atomic E-state index is 0.0718. The third-order valence-electron chi connectivity index (χ3n) is 5.12. The van der Waals surface area contributed by atoms with Crippen molar-refractivity contribution in [3.05, 3.63) is 51.8 Å². The van der Waals surface area contributed by atoms with Crippen LogP contribution in [-0.4, -0.2) is 44.5 Å². The van der Waals surface area contributed by atoms with E-state index in [9.17, 15) is 14.0 Å². The van der Waals surface area contributed by atoms with E-state index < -0.39 is 5.82 Å². The second-order valence-electron chi connectivity index (χ2n) is 7.07. The summed E-state index contributed by atoms with van der Waals surface area (Å²) in [7, 11) is 0. The van der Waals surface area contributed by atoms with Gasteiger partial charge in [-0.15, -0.1) is 16.7 Å². The summed E-state index contributed by atoms with van der Waals surface area (Å²) in [4.78, 5) is 33.8. The Morgan fingerprint density at radius 3 is 3.10 bits per heavy atom. The highest BCUT2D eigenvalue weighted by Gasteiger charge is 2.30. The smallest absolute Gasteiger partial charge is 0.258 e. The van der Waals surface area contributed by atoms with Crippen LogP contribution in [0.2, 0.25) is 0 Å². The van der Waals surface area contributed by atoms with Crippen LogP contribution in [0.5, 0.6) is 0 Å². The standard InChI is InChI=1S/C19H21ClFN7O2/c20-5-2-6-23-19(30)15-16(22)26-28-8-4-14(25-17(15)28)27-7-1-3-13(27)12-9-11(21)10-24-18(12)29/h4,8-10,13H,1-3,5-7H2,(H2,22,26)(H,23,30)(H,24,29)/t13-/m1/s1. The van der Waals surface area contributed by atoms with Gasteiger partial charge in [0.25, 0.3) is 11.5 Å². The Balaban J connectivity index is 1.70. The van der Waals surface area contributed by atoms with E-state index in [1.54, 1.807) is 12.3 Å². The summed E-state index contributed by atoms with van der Waals surface area (Å²) in [6, 6.07) is 2.67. The second-order valence-corrected chi connectivity index (χ2v) is 7.44. The summed E-state index contributed by atoms with van der Waals surface area (Å²) in [5.74, 6) is 0.185. The van der Waals surface area contributed by atoms with Gasteiger partial charge in [-0.2, -0.15) is 0 Å². The lowest BCUT2D eigenvalue weighted by molar-refractivity contribution is 0.0956. The molecule has 3 aromatic heterocycles. The number of hydrogen-bond donors (Lipinski definition) is 3. The minimum atomic E-state index is -0.501. The first-order valence-corrected chi connectivity index (χ1v) is 10.2. The van der Waals surface area contributed by atoms with Gasteiger partial charge in [0.15, 0.2) is 11.5 Å². The molecule has 1 fully saturated rings. The molecule has 11 heteroatoms. The van der Waals surface area contributed by atoms with Gasteiger partial charge < -0.3 is 20.9 Å². The van der Waals surface area contributed by atoms with Gasteiger partial charge in [-0.3, -0.25) is 9.59 Å². The van der Waals surface area contributed by atoms with Gasteiger partial charge in [-0.05, 0) is 31.4 Å². The summed E-state index contributed by atoms with van der Waals surface area (Å²) < 4.78 is 15.2. The maximum Gasteiger partial charge on any atom is 0.258 e. The first-order valence-electron chi connectivity index (χ1n) is 9.63. The SMILES string of the molecule is Nc1nn2ccc(N3CCC[C@@H]3c3cc(F)c[nH]c3=O)nc2c1C(=O)NCCCCl. The number of halogens is 2. The van der Waals surface area contributed by atoms with Gasteiger partial charge in [0.2, 0.25) is 0 Å². The van der Waals surface area contributed by atoms with Crippen molar-refractivity contribution in [2.24, 2.45) is 0 Å². The molecular weight excluding hydrogens is 413 g/mol. The number of aromatic nitrogens is 4. The van der Waals surface area contributed by atoms with Crippen LogP contribution >= 0.6 is 11.6 Å². The topological polar surface area (TPSA) is 121 Å². The van der Waals surface area contributed by atoms with Crippen LogP contribution in [0.1, 0.15) is 41.2 Å². The van der Waals surface area contributed by atoms with Gasteiger partial charge in [0, 0.05) is 36.9 Å². The number of pyridine rings is 1. The van der Waals surface area contributed by atoms with Crippen LogP contribution in [0.25, 0.3) is 5.65 Å². The Morgan fingerprint density at radius 1 is 1.47 bits per heavy atom. The molecule has 30 heavy (non-hydrogen) atoms. The van der Waals surface area contributed by atoms with Crippen molar-refractivity contribution in [3.63, 3.8) is 0 Å². The fraction of sp³-hybridized carbons (Fsp3) is 0.368. The number of fused-ring (bicyclic) bond motifs is 1. The van der Waals surface area contributed by atoms with Crippen LogP contribution in [0.3, 0.4) is 0 Å². The lowest BCUT2D eigenvalue weighted by Gasteiger charge is -2.25. The number of carbonyl (C=O) groups is 1. The average molecular weight is 434 g/mol. The Labute approximate surface area is 176 Å². The van der Waals surface area contributed by atoms with E-state index >= 15 is 0 Å². The molecule has 1 atom stereocenters. The average Bonchev–Trinajstić information content (AvgIpc) is 3.33. The van der Waals surface area contributed by atoms with Crippen molar-refractivity contribution in [1.29, 1.82) is 0 Å². The number of H-pyrrole nitrogens is 1. The molecule has 4 N–H and O–H groups in total. The molecule has 1 amide bonds. The van der Waals surface area contributed by atoms with E-state index in [1.807, 2.05) is 4.90 Å². The number of alkyl halides is 1. The van der Waals surface area contributed by atoms with Crippen LogP contribution < -0.4 is 21.5 Å². The molecule has 0 spiro atoms. The number of nitrogen functional groups attached to an aromatic ring is 1. The molecule has 0 aromatic carbocycles. The number of anilines is 2. The summed E-state index contributed by atoms with van der Waals surface area (Å²) in [5, 5.41) is 6.91. The number of amides is 1. The molecule has 9 nitrogen and oxygen atoms in total. The Kier molecular flexibility index (Phi) is 5.58. The molecule has 4 heterocycles. The number of rotatable bonds is 6. The normalized spacial score (nSPS) is 16.3. The summed E-state index contributed by atoms with van der Waals surface area (Å²) >= 11 is 5.66. The lowest BCUT2D eigenvalue weighted by Crippen LogP contribution is -2.29. The maximum atomic E-state index is 13.7. The molecule has 0 aliphatic carbocycles. The molecule has 0 saturated carbocycles. The van der Waals surface area contributed by atoms with Crippen LogP contribution in [-0.2, 0) is 0 Å². The summed E-state index contributed by atoms with van der Waals surface area (Å²) in [6.07, 6.45) is 4.84. The molecule has 1 aliphatic rings. The second kappa shape index (κ2) is 8.31. The molecule has 158 valence electrons. The van der Waals surface area contributed by atoms with Crippen LogP contribution in [0.15, 0.2) is 29.3 Å². The Hall–Kier alpha value is -3.14. The lowest BCUT2D eigenvalue weighted by atomic mass is 10.1. The predicted octanol–water partition coefficient (Wildman–Crippen LogP) is 1.84. The van der Waals surface area contributed by atoms with Crippen molar-refractivity contribution in [1.82, 2.24) is 24.9 Å². The monoisotopic (exact) mass is 433 g/mol. The number of hydrogen-bond acceptors (Lipinski definition) is 6. The third kappa shape index (κ3) is 3.70. The largest absolute Gasteiger partial charge is 0.381 e. The zero-order chi connectivity index (χ0) is 21.3. The molecule has 3 aromatic rings. The van der Waals surface area contributed by atoms with E-state index in [1.165, 1.54) is 10.6 Å². The van der Waals surface area contributed by atoms with Gasteiger partial charge in [0.05, 0.1) is 6.04 Å². The highest BCUT2D eigenvalue weighted by atomic mass is 35.5. The number of nitrogens with two attached hydrogens (primary N) is 1. The zero-order valence-corrected chi connectivity index (χ0v) is 16.8. The van der Waals surface area contributed by atoms with Crippen molar-refractivity contribution in [3.8, 4) is 0 Å². The van der Waals surface area contributed by atoms with Gasteiger partial charge >= 0.3 is 0 Å². The molecule has 4 rings (SSSR count). The predicted molar refractivity (Wildman–Crippen MR) is 111 cm³/mol.